The number of hydrogen-bond acceptors (Lipinski definition) is 5. The Labute approximate surface area is 188 Å². The normalized spacial score (nSPS) is 14.7. The van der Waals surface area contributed by atoms with Crippen LogP contribution in [0.5, 0.6) is 17.2 Å². The lowest BCUT2D eigenvalue weighted by Gasteiger charge is -2.27. The van der Waals surface area contributed by atoms with E-state index in [0.717, 1.165) is 23.4 Å². The fourth-order valence-corrected chi connectivity index (χ4v) is 3.71. The second kappa shape index (κ2) is 10.7. The maximum absolute atomic E-state index is 12.2. The van der Waals surface area contributed by atoms with Gasteiger partial charge in [-0.25, -0.2) is 0 Å². The monoisotopic (exact) mass is 432 g/mol. The summed E-state index contributed by atoms with van der Waals surface area (Å²) in [5.41, 5.74) is 3.01. The number of hydrogen-bond donors (Lipinski definition) is 2. The Hall–Kier alpha value is -3.51. The third-order valence-electron chi connectivity index (χ3n) is 5.24. The number of nitrogens with one attached hydrogen (secondary N) is 2. The maximum atomic E-state index is 12.2. The van der Waals surface area contributed by atoms with Gasteiger partial charge < -0.3 is 24.8 Å². The number of benzene rings is 3. The smallest absolute Gasteiger partial charge is 0.262 e. The number of para-hydroxylation sites is 2. The van der Waals surface area contributed by atoms with Crippen molar-refractivity contribution in [3.63, 3.8) is 0 Å². The third-order valence-corrected chi connectivity index (χ3v) is 5.24. The van der Waals surface area contributed by atoms with Crippen LogP contribution in [0.2, 0.25) is 0 Å². The number of carbonyl (C=O) groups is 1. The SMILES string of the molecule is CCOc1cc(CN[C@@H]2CCOc3ccccc32)ccc1OCC(=O)Nc1ccccc1. The molecule has 3 aromatic carbocycles. The van der Waals surface area contributed by atoms with Crippen LogP contribution in [-0.4, -0.2) is 25.7 Å². The zero-order chi connectivity index (χ0) is 22.2. The zero-order valence-electron chi connectivity index (χ0n) is 18.2. The summed E-state index contributed by atoms with van der Waals surface area (Å²) in [4.78, 5) is 12.2. The second-order valence-electron chi connectivity index (χ2n) is 7.53. The largest absolute Gasteiger partial charge is 0.493 e. The molecule has 1 heterocycles. The summed E-state index contributed by atoms with van der Waals surface area (Å²) < 4.78 is 17.3. The average molecular weight is 433 g/mol. The van der Waals surface area contributed by atoms with Crippen LogP contribution in [-0.2, 0) is 11.3 Å². The van der Waals surface area contributed by atoms with Crippen molar-refractivity contribution >= 4 is 11.6 Å². The van der Waals surface area contributed by atoms with Gasteiger partial charge in [-0.3, -0.25) is 4.79 Å². The molecule has 0 saturated heterocycles. The highest BCUT2D eigenvalue weighted by molar-refractivity contribution is 5.91. The van der Waals surface area contributed by atoms with Crippen LogP contribution in [0.25, 0.3) is 0 Å². The molecule has 0 saturated carbocycles. The van der Waals surface area contributed by atoms with E-state index in [0.29, 0.717) is 31.3 Å². The predicted octanol–water partition coefficient (Wildman–Crippen LogP) is 4.72. The van der Waals surface area contributed by atoms with Crippen LogP contribution in [0.4, 0.5) is 5.69 Å². The molecule has 1 atom stereocenters. The topological polar surface area (TPSA) is 68.8 Å². The van der Waals surface area contributed by atoms with Gasteiger partial charge in [0.1, 0.15) is 5.75 Å². The summed E-state index contributed by atoms with van der Waals surface area (Å²) in [6.45, 7) is 3.74. The molecule has 0 radical (unpaired) electrons. The van der Waals surface area contributed by atoms with Gasteiger partial charge >= 0.3 is 0 Å². The minimum Gasteiger partial charge on any atom is -0.493 e. The molecule has 0 fully saturated rings. The molecule has 0 unspecified atom stereocenters. The van der Waals surface area contributed by atoms with Crippen LogP contribution in [0.15, 0.2) is 72.8 Å². The third kappa shape index (κ3) is 5.59. The van der Waals surface area contributed by atoms with Crippen molar-refractivity contribution in [2.45, 2.75) is 25.9 Å². The minimum atomic E-state index is -0.220. The van der Waals surface area contributed by atoms with Gasteiger partial charge in [0.2, 0.25) is 0 Å². The number of ether oxygens (including phenoxy) is 3. The van der Waals surface area contributed by atoms with Crippen LogP contribution in [0.1, 0.15) is 30.5 Å². The molecule has 1 aliphatic heterocycles. The van der Waals surface area contributed by atoms with E-state index in [-0.39, 0.29) is 18.6 Å². The Morgan fingerprint density at radius 1 is 1.00 bits per heavy atom. The van der Waals surface area contributed by atoms with Gasteiger partial charge in [0.05, 0.1) is 13.2 Å². The Kier molecular flexibility index (Phi) is 7.25. The van der Waals surface area contributed by atoms with Crippen molar-refractivity contribution in [1.82, 2.24) is 5.32 Å². The molecule has 1 amide bonds. The second-order valence-corrected chi connectivity index (χ2v) is 7.53. The van der Waals surface area contributed by atoms with Crippen molar-refractivity contribution in [2.24, 2.45) is 0 Å². The molecule has 3 aromatic rings. The lowest BCUT2D eigenvalue weighted by Crippen LogP contribution is -2.26. The van der Waals surface area contributed by atoms with Crippen molar-refractivity contribution in [1.29, 1.82) is 0 Å². The van der Waals surface area contributed by atoms with Gasteiger partial charge in [-0.1, -0.05) is 42.5 Å². The average Bonchev–Trinajstić information content (AvgIpc) is 2.83. The van der Waals surface area contributed by atoms with Gasteiger partial charge in [0, 0.05) is 30.3 Å². The van der Waals surface area contributed by atoms with Gasteiger partial charge in [-0.2, -0.15) is 0 Å². The Morgan fingerprint density at radius 3 is 2.66 bits per heavy atom. The van der Waals surface area contributed by atoms with Gasteiger partial charge in [0.15, 0.2) is 18.1 Å². The first-order valence-electron chi connectivity index (χ1n) is 10.9. The zero-order valence-corrected chi connectivity index (χ0v) is 18.2. The highest BCUT2D eigenvalue weighted by Gasteiger charge is 2.20. The van der Waals surface area contributed by atoms with E-state index < -0.39 is 0 Å². The molecule has 6 nitrogen and oxygen atoms in total. The number of anilines is 1. The quantitative estimate of drug-likeness (QED) is 0.512. The molecule has 0 bridgehead atoms. The first kappa shape index (κ1) is 21.7. The lowest BCUT2D eigenvalue weighted by molar-refractivity contribution is -0.118. The minimum absolute atomic E-state index is 0.0918. The highest BCUT2D eigenvalue weighted by atomic mass is 16.5. The van der Waals surface area contributed by atoms with E-state index in [1.807, 2.05) is 73.7 Å². The summed E-state index contributed by atoms with van der Waals surface area (Å²) in [5, 5.41) is 6.43. The molecule has 4 rings (SSSR count). The molecule has 2 N–H and O–H groups in total. The van der Waals surface area contributed by atoms with Gasteiger partial charge in [-0.05, 0) is 42.8 Å². The molecular formula is C26H28N2O4. The van der Waals surface area contributed by atoms with Crippen molar-refractivity contribution in [2.75, 3.05) is 25.1 Å². The standard InChI is InChI=1S/C26H28N2O4/c1-2-30-25-16-19(17-27-22-14-15-31-23-11-7-6-10-21(22)23)12-13-24(25)32-18-26(29)28-20-8-4-3-5-9-20/h3-13,16,22,27H,2,14-15,17-18H2,1H3,(H,28,29)/t22-/m1/s1. The fraction of sp³-hybridized carbons (Fsp3) is 0.269. The Morgan fingerprint density at radius 2 is 1.81 bits per heavy atom. The van der Waals surface area contributed by atoms with E-state index in [1.165, 1.54) is 5.56 Å². The Bertz CT molecular complexity index is 1040. The molecule has 0 spiro atoms. The molecule has 0 aliphatic carbocycles. The molecule has 166 valence electrons. The summed E-state index contributed by atoms with van der Waals surface area (Å²) in [6, 6.07) is 23.5. The van der Waals surface area contributed by atoms with Gasteiger partial charge in [0.25, 0.3) is 5.91 Å². The molecule has 6 heteroatoms. The van der Waals surface area contributed by atoms with E-state index in [2.05, 4.69) is 16.7 Å². The summed E-state index contributed by atoms with van der Waals surface area (Å²) in [5.74, 6) is 1.91. The number of carbonyl (C=O) groups excluding carboxylic acids is 1. The fourth-order valence-electron chi connectivity index (χ4n) is 3.71. The van der Waals surface area contributed by atoms with E-state index in [9.17, 15) is 4.79 Å². The van der Waals surface area contributed by atoms with Crippen molar-refractivity contribution in [3.8, 4) is 17.2 Å². The first-order chi connectivity index (χ1) is 15.7. The van der Waals surface area contributed by atoms with Crippen LogP contribution in [0.3, 0.4) is 0 Å². The molecule has 0 aromatic heterocycles. The molecule has 32 heavy (non-hydrogen) atoms. The highest BCUT2D eigenvalue weighted by Crippen LogP contribution is 2.33. The summed E-state index contributed by atoms with van der Waals surface area (Å²) >= 11 is 0. The lowest BCUT2D eigenvalue weighted by atomic mass is 10.0. The maximum Gasteiger partial charge on any atom is 0.262 e. The van der Waals surface area contributed by atoms with Crippen LogP contribution >= 0.6 is 0 Å². The summed E-state index contributed by atoms with van der Waals surface area (Å²) in [6.07, 6.45) is 0.924. The number of amides is 1. The first-order valence-corrected chi connectivity index (χ1v) is 10.9. The molecule has 1 aliphatic rings. The van der Waals surface area contributed by atoms with Crippen LogP contribution < -0.4 is 24.8 Å². The van der Waals surface area contributed by atoms with Crippen molar-refractivity contribution < 1.29 is 19.0 Å². The van der Waals surface area contributed by atoms with E-state index >= 15 is 0 Å². The summed E-state index contributed by atoms with van der Waals surface area (Å²) in [7, 11) is 0. The van der Waals surface area contributed by atoms with E-state index in [1.54, 1.807) is 0 Å². The van der Waals surface area contributed by atoms with E-state index in [4.69, 9.17) is 14.2 Å². The number of fused-ring (bicyclic) bond motifs is 1. The number of rotatable bonds is 9. The van der Waals surface area contributed by atoms with Crippen LogP contribution in [0, 0.1) is 0 Å². The Balaban J connectivity index is 1.37. The molecular weight excluding hydrogens is 404 g/mol. The predicted molar refractivity (Wildman–Crippen MR) is 124 cm³/mol. The van der Waals surface area contributed by atoms with Gasteiger partial charge in [-0.15, -0.1) is 0 Å². The van der Waals surface area contributed by atoms with Crippen molar-refractivity contribution in [3.05, 3.63) is 83.9 Å².